The molecule has 0 amide bonds. The van der Waals surface area contributed by atoms with Gasteiger partial charge >= 0.3 is 0 Å². The van der Waals surface area contributed by atoms with Crippen LogP contribution in [0.1, 0.15) is 17.3 Å². The summed E-state index contributed by atoms with van der Waals surface area (Å²) in [5.41, 5.74) is 0.783. The third-order valence-corrected chi connectivity index (χ3v) is 6.89. The van der Waals surface area contributed by atoms with Crippen LogP contribution in [0.3, 0.4) is 0 Å². The van der Waals surface area contributed by atoms with E-state index in [1.165, 1.54) is 23.4 Å². The second-order valence-corrected chi connectivity index (χ2v) is 8.58. The summed E-state index contributed by atoms with van der Waals surface area (Å²) in [6.07, 6.45) is 0. The largest absolute Gasteiger partial charge is 0.295 e. The van der Waals surface area contributed by atoms with Gasteiger partial charge in [-0.05, 0) is 31.2 Å². The van der Waals surface area contributed by atoms with Crippen molar-refractivity contribution in [2.45, 2.75) is 16.7 Å². The van der Waals surface area contributed by atoms with Crippen molar-refractivity contribution in [1.82, 2.24) is 0 Å². The highest BCUT2D eigenvalue weighted by Gasteiger charge is 2.31. The molecule has 1 aliphatic rings. The number of carbonyl (C=O) groups excluding carboxylic acids is 1. The topological polar surface area (TPSA) is 71.5 Å². The van der Waals surface area contributed by atoms with Crippen LogP contribution < -0.4 is 4.31 Å². The Morgan fingerprint density at radius 2 is 1.87 bits per heavy atom. The van der Waals surface area contributed by atoms with Gasteiger partial charge in [-0.3, -0.25) is 13.3 Å². The SMILES string of the molecule is CC(=O)c1cccc(S(=O)(=O)N2CCS(=O)c3ccccc32)c1. The smallest absolute Gasteiger partial charge is 0.264 e. The number of carbonyl (C=O) groups is 1. The molecule has 3 rings (SSSR count). The Bertz CT molecular complexity index is 906. The molecule has 0 fully saturated rings. The quantitative estimate of drug-likeness (QED) is 0.797. The first kappa shape index (κ1) is 15.9. The maximum Gasteiger partial charge on any atom is 0.264 e. The van der Waals surface area contributed by atoms with E-state index in [0.29, 0.717) is 16.1 Å². The molecule has 0 spiro atoms. The molecule has 5 nitrogen and oxygen atoms in total. The van der Waals surface area contributed by atoms with Gasteiger partial charge in [0.1, 0.15) is 0 Å². The number of fused-ring (bicyclic) bond motifs is 1. The molecular weight excluding hydrogens is 334 g/mol. The fourth-order valence-electron chi connectivity index (χ4n) is 2.50. The lowest BCUT2D eigenvalue weighted by atomic mass is 10.2. The van der Waals surface area contributed by atoms with E-state index in [-0.39, 0.29) is 23.0 Å². The summed E-state index contributed by atoms with van der Waals surface area (Å²) < 4.78 is 39.2. The summed E-state index contributed by atoms with van der Waals surface area (Å²) in [6, 6.07) is 12.8. The number of nitrogens with zero attached hydrogens (tertiary/aromatic N) is 1. The van der Waals surface area contributed by atoms with Crippen LogP contribution in [0.25, 0.3) is 0 Å². The van der Waals surface area contributed by atoms with Gasteiger partial charge < -0.3 is 0 Å². The standard InChI is InChI=1S/C16H15NO4S2/c1-12(18)13-5-4-6-14(11-13)23(20,21)17-9-10-22(19)16-8-3-2-7-15(16)17/h2-8,11H,9-10H2,1H3. The van der Waals surface area contributed by atoms with Crippen molar-refractivity contribution >= 4 is 32.3 Å². The van der Waals surface area contributed by atoms with E-state index in [0.717, 1.165) is 0 Å². The van der Waals surface area contributed by atoms with E-state index < -0.39 is 20.8 Å². The molecular formula is C16H15NO4S2. The van der Waals surface area contributed by atoms with Crippen molar-refractivity contribution in [2.75, 3.05) is 16.6 Å². The van der Waals surface area contributed by atoms with Gasteiger partial charge in [0.25, 0.3) is 10.0 Å². The van der Waals surface area contributed by atoms with E-state index in [1.54, 1.807) is 36.4 Å². The van der Waals surface area contributed by atoms with Crippen LogP contribution in [-0.4, -0.2) is 30.7 Å². The average Bonchev–Trinajstić information content (AvgIpc) is 2.55. The fourth-order valence-corrected chi connectivity index (χ4v) is 5.42. The van der Waals surface area contributed by atoms with Gasteiger partial charge in [0.05, 0.1) is 26.3 Å². The first-order valence-electron chi connectivity index (χ1n) is 7.02. The molecule has 120 valence electrons. The molecule has 23 heavy (non-hydrogen) atoms. The Balaban J connectivity index is 2.11. The number of hydrogen-bond donors (Lipinski definition) is 0. The monoisotopic (exact) mass is 349 g/mol. The molecule has 1 unspecified atom stereocenters. The first-order chi connectivity index (χ1) is 10.9. The van der Waals surface area contributed by atoms with Gasteiger partial charge in [-0.1, -0.05) is 24.3 Å². The predicted molar refractivity (Wildman–Crippen MR) is 88.7 cm³/mol. The summed E-state index contributed by atoms with van der Waals surface area (Å²) in [5, 5.41) is 0. The molecule has 1 atom stereocenters. The molecule has 0 saturated heterocycles. The molecule has 1 aliphatic heterocycles. The third kappa shape index (κ3) is 2.82. The molecule has 2 aromatic rings. The lowest BCUT2D eigenvalue weighted by molar-refractivity contribution is 0.101. The van der Waals surface area contributed by atoms with Crippen molar-refractivity contribution in [3.05, 3.63) is 54.1 Å². The highest BCUT2D eigenvalue weighted by atomic mass is 32.2. The highest BCUT2D eigenvalue weighted by molar-refractivity contribution is 7.93. The van der Waals surface area contributed by atoms with Gasteiger partial charge in [-0.2, -0.15) is 0 Å². The Kier molecular flexibility index (Phi) is 4.08. The van der Waals surface area contributed by atoms with E-state index in [9.17, 15) is 17.4 Å². The van der Waals surface area contributed by atoms with Crippen LogP contribution in [-0.2, 0) is 20.8 Å². The van der Waals surface area contributed by atoms with Crippen LogP contribution in [0, 0.1) is 0 Å². The second-order valence-electron chi connectivity index (χ2n) is 5.18. The number of sulfonamides is 1. The molecule has 1 heterocycles. The van der Waals surface area contributed by atoms with Crippen molar-refractivity contribution < 1.29 is 17.4 Å². The van der Waals surface area contributed by atoms with Crippen molar-refractivity contribution in [3.63, 3.8) is 0 Å². The fraction of sp³-hybridized carbons (Fsp3) is 0.188. The average molecular weight is 349 g/mol. The zero-order chi connectivity index (χ0) is 16.6. The number of hydrogen-bond acceptors (Lipinski definition) is 4. The normalized spacial score (nSPS) is 17.6. The molecule has 0 aromatic heterocycles. The van der Waals surface area contributed by atoms with E-state index in [4.69, 9.17) is 0 Å². The lowest BCUT2D eigenvalue weighted by Crippen LogP contribution is -2.38. The van der Waals surface area contributed by atoms with E-state index in [1.807, 2.05) is 0 Å². The minimum Gasteiger partial charge on any atom is -0.295 e. The lowest BCUT2D eigenvalue weighted by Gasteiger charge is -2.29. The van der Waals surface area contributed by atoms with Gasteiger partial charge in [-0.25, -0.2) is 8.42 Å². The number of benzene rings is 2. The second kappa shape index (κ2) is 5.90. The van der Waals surface area contributed by atoms with Crippen LogP contribution in [0.5, 0.6) is 0 Å². The number of para-hydroxylation sites is 1. The summed E-state index contributed by atoms with van der Waals surface area (Å²) in [5.74, 6) is 0.0602. The van der Waals surface area contributed by atoms with Crippen molar-refractivity contribution in [2.24, 2.45) is 0 Å². The minimum atomic E-state index is -3.81. The van der Waals surface area contributed by atoms with Crippen LogP contribution >= 0.6 is 0 Å². The zero-order valence-electron chi connectivity index (χ0n) is 12.4. The number of Topliss-reactive ketones (excluding diaryl/α,β-unsaturated/α-hetero) is 1. The number of rotatable bonds is 3. The van der Waals surface area contributed by atoms with E-state index >= 15 is 0 Å². The molecule has 0 aliphatic carbocycles. The van der Waals surface area contributed by atoms with Crippen molar-refractivity contribution in [1.29, 1.82) is 0 Å². The summed E-state index contributed by atoms with van der Waals surface area (Å²) in [4.78, 5) is 12.1. The molecule has 0 N–H and O–H groups in total. The van der Waals surface area contributed by atoms with Crippen LogP contribution in [0.15, 0.2) is 58.3 Å². The van der Waals surface area contributed by atoms with Gasteiger partial charge in [0, 0.05) is 17.9 Å². The predicted octanol–water partition coefficient (Wildman–Crippen LogP) is 2.21. The van der Waals surface area contributed by atoms with Crippen LogP contribution in [0.2, 0.25) is 0 Å². The minimum absolute atomic E-state index is 0.0627. The third-order valence-electron chi connectivity index (χ3n) is 3.69. The van der Waals surface area contributed by atoms with Gasteiger partial charge in [0.2, 0.25) is 0 Å². The Labute approximate surface area is 137 Å². The van der Waals surface area contributed by atoms with Gasteiger partial charge in [-0.15, -0.1) is 0 Å². The molecule has 0 radical (unpaired) electrons. The number of anilines is 1. The Hall–Kier alpha value is -1.99. The maximum atomic E-state index is 12.9. The van der Waals surface area contributed by atoms with Crippen LogP contribution in [0.4, 0.5) is 5.69 Å². The Morgan fingerprint density at radius 1 is 1.13 bits per heavy atom. The Morgan fingerprint density at radius 3 is 2.61 bits per heavy atom. The van der Waals surface area contributed by atoms with Gasteiger partial charge in [0.15, 0.2) is 5.78 Å². The molecule has 7 heteroatoms. The number of ketones is 1. The first-order valence-corrected chi connectivity index (χ1v) is 9.78. The summed E-state index contributed by atoms with van der Waals surface area (Å²) in [7, 11) is -5.01. The summed E-state index contributed by atoms with van der Waals surface area (Å²) in [6.45, 7) is 1.54. The summed E-state index contributed by atoms with van der Waals surface area (Å²) >= 11 is 0. The molecule has 0 bridgehead atoms. The van der Waals surface area contributed by atoms with Crippen molar-refractivity contribution in [3.8, 4) is 0 Å². The highest BCUT2D eigenvalue weighted by Crippen LogP contribution is 2.32. The molecule has 2 aromatic carbocycles. The maximum absolute atomic E-state index is 12.9. The molecule has 0 saturated carbocycles. The zero-order valence-corrected chi connectivity index (χ0v) is 14.1. The van der Waals surface area contributed by atoms with E-state index in [2.05, 4.69) is 0 Å².